The highest BCUT2D eigenvalue weighted by Gasteiger charge is 2.42. The number of hydrogen-bond donors (Lipinski definition) is 1. The first-order valence-electron chi connectivity index (χ1n) is 9.85. The number of nitrogens with zero attached hydrogens (tertiary/aromatic N) is 1. The summed E-state index contributed by atoms with van der Waals surface area (Å²) in [6.07, 6.45) is 0. The minimum atomic E-state index is -0.619. The molecule has 1 aromatic heterocycles. The van der Waals surface area contributed by atoms with Gasteiger partial charge in [-0.15, -0.1) is 0 Å². The molecule has 0 bridgehead atoms. The van der Waals surface area contributed by atoms with Gasteiger partial charge in [0.25, 0.3) is 5.91 Å². The number of ether oxygens (including phenoxy) is 1. The molecule has 0 unspecified atom stereocenters. The number of amides is 1. The first-order chi connectivity index (χ1) is 15.1. The molecule has 0 aliphatic carbocycles. The second-order valence-corrected chi connectivity index (χ2v) is 7.45. The summed E-state index contributed by atoms with van der Waals surface area (Å²) in [4.78, 5) is 28.4. The van der Waals surface area contributed by atoms with E-state index in [-0.39, 0.29) is 29.4 Å². The van der Waals surface area contributed by atoms with Crippen molar-refractivity contribution < 1.29 is 19.1 Å². The van der Waals surface area contributed by atoms with Crippen LogP contribution in [0, 0.1) is 0 Å². The van der Waals surface area contributed by atoms with Crippen molar-refractivity contribution in [3.8, 4) is 11.5 Å². The van der Waals surface area contributed by atoms with E-state index in [9.17, 15) is 14.7 Å². The lowest BCUT2D eigenvalue weighted by molar-refractivity contribution is 0.0714. The van der Waals surface area contributed by atoms with Gasteiger partial charge in [-0.2, -0.15) is 0 Å². The quantitative estimate of drug-likeness (QED) is 0.541. The SMILES string of the molecule is COc1ccc(CN2C(=O)c3oc4ccccc4c(=O)c3[C@H]2c2ccc(O)cc2)cc1. The summed E-state index contributed by atoms with van der Waals surface area (Å²) in [6, 6.07) is 20.3. The molecule has 2 heterocycles. The zero-order chi connectivity index (χ0) is 21.5. The number of aromatic hydroxyl groups is 1. The Labute approximate surface area is 177 Å². The van der Waals surface area contributed by atoms with Crippen molar-refractivity contribution in [2.45, 2.75) is 12.6 Å². The summed E-state index contributed by atoms with van der Waals surface area (Å²) in [5, 5.41) is 10.2. The van der Waals surface area contributed by atoms with Crippen LogP contribution < -0.4 is 10.2 Å². The van der Waals surface area contributed by atoms with Crippen LogP contribution in [0.4, 0.5) is 0 Å². The second kappa shape index (κ2) is 7.32. The third-order valence-electron chi connectivity index (χ3n) is 5.59. The van der Waals surface area contributed by atoms with E-state index < -0.39 is 6.04 Å². The van der Waals surface area contributed by atoms with Gasteiger partial charge < -0.3 is 19.2 Å². The Bertz CT molecular complexity index is 1340. The van der Waals surface area contributed by atoms with E-state index in [2.05, 4.69) is 0 Å². The molecular weight excluding hydrogens is 394 g/mol. The summed E-state index contributed by atoms with van der Waals surface area (Å²) in [6.45, 7) is 0.286. The molecule has 1 atom stereocenters. The predicted molar refractivity (Wildman–Crippen MR) is 115 cm³/mol. The minimum Gasteiger partial charge on any atom is -0.508 e. The van der Waals surface area contributed by atoms with Gasteiger partial charge in [0.05, 0.1) is 24.1 Å². The van der Waals surface area contributed by atoms with Crippen LogP contribution in [0.15, 0.2) is 82.0 Å². The van der Waals surface area contributed by atoms with Crippen molar-refractivity contribution in [3.63, 3.8) is 0 Å². The lowest BCUT2D eigenvalue weighted by Crippen LogP contribution is -2.29. The first kappa shape index (κ1) is 18.9. The number of hydrogen-bond acceptors (Lipinski definition) is 5. The third kappa shape index (κ3) is 3.13. The zero-order valence-corrected chi connectivity index (χ0v) is 16.7. The molecular formula is C25H19NO5. The van der Waals surface area contributed by atoms with Crippen LogP contribution in [0.25, 0.3) is 11.0 Å². The molecule has 0 saturated carbocycles. The monoisotopic (exact) mass is 413 g/mol. The van der Waals surface area contributed by atoms with Crippen molar-refractivity contribution in [3.05, 3.63) is 105 Å². The standard InChI is InChI=1S/C25H19NO5/c1-30-18-12-6-15(7-13-18)14-26-22(16-8-10-17(27)11-9-16)21-23(28)19-4-2-3-5-20(19)31-24(21)25(26)29/h2-13,22,27H,14H2,1H3/t22-/m1/s1. The fraction of sp³-hybridized carbons (Fsp3) is 0.120. The average Bonchev–Trinajstić information content (AvgIpc) is 3.07. The van der Waals surface area contributed by atoms with Gasteiger partial charge in [-0.25, -0.2) is 0 Å². The van der Waals surface area contributed by atoms with Gasteiger partial charge >= 0.3 is 0 Å². The number of phenolic OH excluding ortho intramolecular Hbond substituents is 1. The van der Waals surface area contributed by atoms with Gasteiger partial charge in [-0.3, -0.25) is 9.59 Å². The van der Waals surface area contributed by atoms with Crippen LogP contribution in [-0.2, 0) is 6.54 Å². The van der Waals surface area contributed by atoms with Crippen LogP contribution in [0.3, 0.4) is 0 Å². The molecule has 31 heavy (non-hydrogen) atoms. The molecule has 3 aromatic carbocycles. The predicted octanol–water partition coefficient (Wildman–Crippen LogP) is 4.25. The second-order valence-electron chi connectivity index (χ2n) is 7.45. The van der Waals surface area contributed by atoms with E-state index in [0.29, 0.717) is 16.5 Å². The third-order valence-corrected chi connectivity index (χ3v) is 5.59. The number of carbonyl (C=O) groups is 1. The number of para-hydroxylation sites is 1. The van der Waals surface area contributed by atoms with E-state index in [4.69, 9.17) is 9.15 Å². The van der Waals surface area contributed by atoms with Gasteiger partial charge in [0, 0.05) is 6.54 Å². The highest BCUT2D eigenvalue weighted by Crippen LogP contribution is 2.39. The Morgan fingerprint density at radius 1 is 0.968 bits per heavy atom. The molecule has 0 saturated heterocycles. The maximum Gasteiger partial charge on any atom is 0.291 e. The van der Waals surface area contributed by atoms with Crippen LogP contribution in [0.2, 0.25) is 0 Å². The summed E-state index contributed by atoms with van der Waals surface area (Å²) in [7, 11) is 1.60. The van der Waals surface area contributed by atoms with Crippen LogP contribution in [-0.4, -0.2) is 23.0 Å². The van der Waals surface area contributed by atoms with Crippen molar-refractivity contribution in [2.75, 3.05) is 7.11 Å². The average molecular weight is 413 g/mol. The van der Waals surface area contributed by atoms with Crippen molar-refractivity contribution in [1.29, 1.82) is 0 Å². The molecule has 1 aliphatic rings. The maximum absolute atomic E-state index is 13.4. The number of carbonyl (C=O) groups excluding carboxylic acids is 1. The van der Waals surface area contributed by atoms with Gasteiger partial charge in [0.2, 0.25) is 5.76 Å². The molecule has 0 spiro atoms. The maximum atomic E-state index is 13.4. The number of rotatable bonds is 4. The van der Waals surface area contributed by atoms with Crippen LogP contribution >= 0.6 is 0 Å². The first-order valence-corrected chi connectivity index (χ1v) is 9.85. The Morgan fingerprint density at radius 2 is 1.68 bits per heavy atom. The van der Waals surface area contributed by atoms with Gasteiger partial charge in [0.1, 0.15) is 17.1 Å². The fourth-order valence-corrected chi connectivity index (χ4v) is 4.06. The molecule has 6 nitrogen and oxygen atoms in total. The van der Waals surface area contributed by atoms with E-state index >= 15 is 0 Å². The molecule has 154 valence electrons. The molecule has 5 rings (SSSR count). The van der Waals surface area contributed by atoms with E-state index in [1.54, 1.807) is 60.5 Å². The van der Waals surface area contributed by atoms with E-state index in [1.165, 1.54) is 0 Å². The summed E-state index contributed by atoms with van der Waals surface area (Å²) in [5.41, 5.74) is 2.10. The van der Waals surface area contributed by atoms with E-state index in [0.717, 1.165) is 16.9 Å². The molecule has 4 aromatic rings. The van der Waals surface area contributed by atoms with Crippen molar-refractivity contribution in [1.82, 2.24) is 4.90 Å². The number of benzene rings is 3. The highest BCUT2D eigenvalue weighted by molar-refractivity contribution is 5.99. The molecule has 1 aliphatic heterocycles. The Morgan fingerprint density at radius 3 is 2.39 bits per heavy atom. The highest BCUT2D eigenvalue weighted by atomic mass is 16.5. The topological polar surface area (TPSA) is 80.0 Å². The number of methoxy groups -OCH3 is 1. The zero-order valence-electron chi connectivity index (χ0n) is 16.7. The molecule has 0 fully saturated rings. The largest absolute Gasteiger partial charge is 0.508 e. The van der Waals surface area contributed by atoms with Crippen molar-refractivity contribution >= 4 is 16.9 Å². The van der Waals surface area contributed by atoms with Crippen molar-refractivity contribution in [2.24, 2.45) is 0 Å². The normalized spacial score (nSPS) is 15.3. The Balaban J connectivity index is 1.67. The lowest BCUT2D eigenvalue weighted by Gasteiger charge is -2.25. The van der Waals surface area contributed by atoms with Gasteiger partial charge in [-0.05, 0) is 47.5 Å². The smallest absolute Gasteiger partial charge is 0.291 e. The number of phenols is 1. The fourth-order valence-electron chi connectivity index (χ4n) is 4.06. The molecule has 1 N–H and O–H groups in total. The van der Waals surface area contributed by atoms with Gasteiger partial charge in [0.15, 0.2) is 5.43 Å². The molecule has 6 heteroatoms. The van der Waals surface area contributed by atoms with Crippen LogP contribution in [0.1, 0.15) is 33.3 Å². The summed E-state index contributed by atoms with van der Waals surface area (Å²) in [5.74, 6) is 0.556. The number of fused-ring (bicyclic) bond motifs is 2. The van der Waals surface area contributed by atoms with Crippen LogP contribution in [0.5, 0.6) is 11.5 Å². The summed E-state index contributed by atoms with van der Waals surface area (Å²) >= 11 is 0. The minimum absolute atomic E-state index is 0.0651. The Kier molecular flexibility index (Phi) is 4.47. The summed E-state index contributed by atoms with van der Waals surface area (Å²) < 4.78 is 11.1. The molecule has 1 amide bonds. The molecule has 0 radical (unpaired) electrons. The lowest BCUT2D eigenvalue weighted by atomic mass is 9.98. The van der Waals surface area contributed by atoms with Gasteiger partial charge in [-0.1, -0.05) is 36.4 Å². The van der Waals surface area contributed by atoms with E-state index in [1.807, 2.05) is 24.3 Å². The Hall–Kier alpha value is -4.06.